The van der Waals surface area contributed by atoms with Gasteiger partial charge in [0.05, 0.1) is 24.1 Å². The van der Waals surface area contributed by atoms with Gasteiger partial charge in [-0.25, -0.2) is 4.79 Å². The summed E-state index contributed by atoms with van der Waals surface area (Å²) in [4.78, 5) is 27.1. The smallest absolute Gasteiger partial charge is 0.339 e. The van der Waals surface area contributed by atoms with Gasteiger partial charge in [-0.3, -0.25) is 4.79 Å². The minimum absolute atomic E-state index is 0.183. The first-order valence-electron chi connectivity index (χ1n) is 7.31. The van der Waals surface area contributed by atoms with E-state index in [1.54, 1.807) is 12.1 Å². The monoisotopic (exact) mass is 342 g/mol. The minimum Gasteiger partial charge on any atom is -0.465 e. The molecule has 0 unspecified atom stereocenters. The second kappa shape index (κ2) is 6.76. The molecule has 1 aromatic heterocycles. The van der Waals surface area contributed by atoms with E-state index < -0.39 is 5.97 Å². The number of esters is 1. The number of hydrogen-bond donors (Lipinski definition) is 2. The molecule has 3 rings (SSSR count). The fourth-order valence-electron chi connectivity index (χ4n) is 2.53. The van der Waals surface area contributed by atoms with Gasteiger partial charge in [-0.05, 0) is 29.8 Å². The highest BCUT2D eigenvalue weighted by Crippen LogP contribution is 2.22. The molecule has 0 bridgehead atoms. The van der Waals surface area contributed by atoms with E-state index in [-0.39, 0.29) is 22.9 Å². The van der Waals surface area contributed by atoms with Crippen molar-refractivity contribution in [1.82, 2.24) is 4.98 Å². The van der Waals surface area contributed by atoms with Crippen molar-refractivity contribution in [1.29, 1.82) is 0 Å². The van der Waals surface area contributed by atoms with E-state index >= 15 is 0 Å². The number of amides is 1. The number of hydrogen-bond acceptors (Lipinski definition) is 3. The molecule has 1 amide bonds. The molecule has 0 aliphatic carbocycles. The molecule has 0 saturated carbocycles. The van der Waals surface area contributed by atoms with E-state index in [1.165, 1.54) is 13.2 Å². The number of aromatic nitrogens is 1. The Kier molecular flexibility index (Phi) is 4.53. The van der Waals surface area contributed by atoms with Crippen LogP contribution in [-0.4, -0.2) is 24.0 Å². The molecule has 0 fully saturated rings. The number of carbonyl (C=O) groups is 2. The highest BCUT2D eigenvalue weighted by molar-refractivity contribution is 6.33. The zero-order valence-corrected chi connectivity index (χ0v) is 13.7. The van der Waals surface area contributed by atoms with E-state index in [0.717, 1.165) is 16.5 Å². The number of carbonyl (C=O) groups excluding carboxylic acids is 2. The standard InChI is InChI=1S/C18H15ClN2O3/c1-24-18(23)14-9-12(6-7-15(14)19)21-17(22)8-11-10-20-16-5-3-2-4-13(11)16/h2-7,9-10,20H,8H2,1H3,(H,21,22). The minimum atomic E-state index is -0.548. The number of H-pyrrole nitrogens is 1. The second-order valence-corrected chi connectivity index (χ2v) is 5.68. The van der Waals surface area contributed by atoms with Crippen molar-refractivity contribution in [2.24, 2.45) is 0 Å². The molecule has 5 nitrogen and oxygen atoms in total. The number of aromatic amines is 1. The molecule has 2 aromatic carbocycles. The molecule has 0 aliphatic heterocycles. The lowest BCUT2D eigenvalue weighted by Gasteiger charge is -2.08. The molecule has 1 heterocycles. The van der Waals surface area contributed by atoms with Crippen molar-refractivity contribution in [2.45, 2.75) is 6.42 Å². The SMILES string of the molecule is COC(=O)c1cc(NC(=O)Cc2c[nH]c3ccccc23)ccc1Cl. The summed E-state index contributed by atoms with van der Waals surface area (Å²) < 4.78 is 4.67. The quantitative estimate of drug-likeness (QED) is 0.709. The van der Waals surface area contributed by atoms with Gasteiger partial charge in [-0.2, -0.15) is 0 Å². The van der Waals surface area contributed by atoms with Crippen molar-refractivity contribution >= 4 is 40.1 Å². The number of ether oxygens (including phenoxy) is 1. The number of fused-ring (bicyclic) bond motifs is 1. The lowest BCUT2D eigenvalue weighted by atomic mass is 10.1. The maximum Gasteiger partial charge on any atom is 0.339 e. The maximum absolute atomic E-state index is 12.3. The lowest BCUT2D eigenvalue weighted by Crippen LogP contribution is -2.15. The summed E-state index contributed by atoms with van der Waals surface area (Å²) in [5, 5.41) is 4.06. The van der Waals surface area contributed by atoms with Gasteiger partial charge in [-0.1, -0.05) is 29.8 Å². The van der Waals surface area contributed by atoms with Crippen LogP contribution in [0.1, 0.15) is 15.9 Å². The molecule has 2 N–H and O–H groups in total. The van der Waals surface area contributed by atoms with Gasteiger partial charge in [0, 0.05) is 22.8 Å². The first kappa shape index (κ1) is 16.1. The predicted octanol–water partition coefficient (Wildman–Crippen LogP) is 3.79. The Morgan fingerprint density at radius 1 is 1.21 bits per heavy atom. The Bertz CT molecular complexity index is 918. The van der Waals surface area contributed by atoms with Crippen LogP contribution in [0.2, 0.25) is 5.02 Å². The van der Waals surface area contributed by atoms with Crippen LogP contribution in [0.5, 0.6) is 0 Å². The molecule has 122 valence electrons. The molecule has 0 spiro atoms. The van der Waals surface area contributed by atoms with Crippen LogP contribution < -0.4 is 5.32 Å². The average molecular weight is 343 g/mol. The fraction of sp³-hybridized carbons (Fsp3) is 0.111. The Morgan fingerprint density at radius 2 is 2.00 bits per heavy atom. The molecule has 0 radical (unpaired) electrons. The van der Waals surface area contributed by atoms with Gasteiger partial charge in [0.2, 0.25) is 5.91 Å². The van der Waals surface area contributed by atoms with Crippen LogP contribution in [0.25, 0.3) is 10.9 Å². The van der Waals surface area contributed by atoms with Crippen molar-refractivity contribution in [3.05, 3.63) is 64.8 Å². The van der Waals surface area contributed by atoms with Gasteiger partial charge in [0.1, 0.15) is 0 Å². The molecule has 3 aromatic rings. The molecule has 0 atom stereocenters. The third kappa shape index (κ3) is 3.26. The number of para-hydroxylation sites is 1. The van der Waals surface area contributed by atoms with E-state index in [2.05, 4.69) is 15.0 Å². The Balaban J connectivity index is 1.76. The maximum atomic E-state index is 12.3. The van der Waals surface area contributed by atoms with Gasteiger partial charge >= 0.3 is 5.97 Å². The summed E-state index contributed by atoms with van der Waals surface area (Å²) in [5.41, 5.74) is 2.60. The lowest BCUT2D eigenvalue weighted by molar-refractivity contribution is -0.115. The number of halogens is 1. The summed E-state index contributed by atoms with van der Waals surface area (Å²) in [6.45, 7) is 0. The van der Waals surface area contributed by atoms with E-state index in [4.69, 9.17) is 11.6 Å². The molecular formula is C18H15ClN2O3. The van der Waals surface area contributed by atoms with Gasteiger partial charge < -0.3 is 15.0 Å². The number of rotatable bonds is 4. The summed E-state index contributed by atoms with van der Waals surface area (Å²) in [5.74, 6) is -0.731. The molecule has 0 saturated heterocycles. The Labute approximate surface area is 143 Å². The van der Waals surface area contributed by atoms with Gasteiger partial charge in [-0.15, -0.1) is 0 Å². The number of anilines is 1. The largest absolute Gasteiger partial charge is 0.465 e. The van der Waals surface area contributed by atoms with E-state index in [0.29, 0.717) is 5.69 Å². The Morgan fingerprint density at radius 3 is 2.79 bits per heavy atom. The van der Waals surface area contributed by atoms with E-state index in [9.17, 15) is 9.59 Å². The summed E-state index contributed by atoms with van der Waals surface area (Å²) in [6.07, 6.45) is 2.05. The van der Waals surface area contributed by atoms with Crippen molar-refractivity contribution in [3.63, 3.8) is 0 Å². The molecule has 24 heavy (non-hydrogen) atoms. The molecule has 6 heteroatoms. The first-order valence-corrected chi connectivity index (χ1v) is 7.69. The van der Waals surface area contributed by atoms with Crippen LogP contribution in [0.15, 0.2) is 48.7 Å². The van der Waals surface area contributed by atoms with E-state index in [1.807, 2.05) is 30.5 Å². The van der Waals surface area contributed by atoms with Crippen LogP contribution in [0.4, 0.5) is 5.69 Å². The topological polar surface area (TPSA) is 71.2 Å². The number of methoxy groups -OCH3 is 1. The molecule has 0 aliphatic rings. The van der Waals surface area contributed by atoms with Crippen LogP contribution in [-0.2, 0) is 16.0 Å². The summed E-state index contributed by atoms with van der Waals surface area (Å²) in [7, 11) is 1.28. The van der Waals surface area contributed by atoms with Crippen LogP contribution in [0, 0.1) is 0 Å². The summed E-state index contributed by atoms with van der Waals surface area (Å²) >= 11 is 5.97. The van der Waals surface area contributed by atoms with Crippen molar-refractivity contribution in [3.8, 4) is 0 Å². The predicted molar refractivity (Wildman–Crippen MR) is 93.4 cm³/mol. The highest BCUT2D eigenvalue weighted by atomic mass is 35.5. The van der Waals surface area contributed by atoms with Crippen molar-refractivity contribution < 1.29 is 14.3 Å². The van der Waals surface area contributed by atoms with Gasteiger partial charge in [0.15, 0.2) is 0 Å². The van der Waals surface area contributed by atoms with Crippen LogP contribution >= 0.6 is 11.6 Å². The zero-order valence-electron chi connectivity index (χ0n) is 12.9. The molecular weight excluding hydrogens is 328 g/mol. The second-order valence-electron chi connectivity index (χ2n) is 5.27. The third-order valence-electron chi connectivity index (χ3n) is 3.68. The normalized spacial score (nSPS) is 10.6. The first-order chi connectivity index (χ1) is 11.6. The third-order valence-corrected chi connectivity index (χ3v) is 4.01. The fourth-order valence-corrected chi connectivity index (χ4v) is 2.72. The average Bonchev–Trinajstić information content (AvgIpc) is 2.99. The number of benzene rings is 2. The zero-order chi connectivity index (χ0) is 17.1. The van der Waals surface area contributed by atoms with Crippen molar-refractivity contribution in [2.75, 3.05) is 12.4 Å². The highest BCUT2D eigenvalue weighted by Gasteiger charge is 2.13. The van der Waals surface area contributed by atoms with Crippen LogP contribution in [0.3, 0.4) is 0 Å². The Hall–Kier alpha value is -2.79. The summed E-state index contributed by atoms with van der Waals surface area (Å²) in [6, 6.07) is 12.5. The number of nitrogens with one attached hydrogen (secondary N) is 2. The van der Waals surface area contributed by atoms with Gasteiger partial charge in [0.25, 0.3) is 0 Å².